The second-order valence-electron chi connectivity index (χ2n) is 6.67. The van der Waals surface area contributed by atoms with E-state index in [0.29, 0.717) is 31.4 Å². The quantitative estimate of drug-likeness (QED) is 0.706. The molecule has 0 unspecified atom stereocenters. The zero-order valence-electron chi connectivity index (χ0n) is 14.6. The van der Waals surface area contributed by atoms with Gasteiger partial charge < -0.3 is 15.6 Å². The maximum atomic E-state index is 12.8. The van der Waals surface area contributed by atoms with Crippen molar-refractivity contribution in [3.05, 3.63) is 47.0 Å². The van der Waals surface area contributed by atoms with E-state index in [1.165, 1.54) is 12.5 Å². The zero-order valence-corrected chi connectivity index (χ0v) is 15.4. The van der Waals surface area contributed by atoms with Gasteiger partial charge in [0.1, 0.15) is 5.69 Å². The third kappa shape index (κ3) is 4.83. The fourth-order valence-corrected chi connectivity index (χ4v) is 3.34. The van der Waals surface area contributed by atoms with Gasteiger partial charge in [-0.05, 0) is 43.9 Å². The van der Waals surface area contributed by atoms with Gasteiger partial charge in [-0.2, -0.15) is 13.2 Å². The third-order valence-electron chi connectivity index (χ3n) is 4.73. The van der Waals surface area contributed by atoms with Crippen molar-refractivity contribution in [3.8, 4) is 0 Å². The highest BCUT2D eigenvalue weighted by atomic mass is 35.5. The molecule has 1 aromatic heterocycles. The second-order valence-corrected chi connectivity index (χ2v) is 7.08. The van der Waals surface area contributed by atoms with E-state index < -0.39 is 11.7 Å². The molecule has 0 bridgehead atoms. The molecule has 3 N–H and O–H groups in total. The van der Waals surface area contributed by atoms with Crippen molar-refractivity contribution < 1.29 is 22.8 Å². The summed E-state index contributed by atoms with van der Waals surface area (Å²) in [7, 11) is 0. The van der Waals surface area contributed by atoms with Crippen LogP contribution in [0.2, 0.25) is 5.02 Å². The topological polar surface area (TPSA) is 86.9 Å². The number of hydrogen-bond acceptors (Lipinski definition) is 3. The number of alkyl halides is 3. The number of nitrogens with one attached hydrogen (secondary N) is 3. The molecule has 0 atom stereocenters. The fourth-order valence-electron chi connectivity index (χ4n) is 3.18. The summed E-state index contributed by atoms with van der Waals surface area (Å²) in [4.78, 5) is 31.0. The first-order valence-electron chi connectivity index (χ1n) is 8.71. The number of benzene rings is 1. The standard InChI is InChI=1S/C18H18ClF3N4O2/c19-13-6-3-11(18(20,21)22)7-14(13)26-16(27)10-1-4-12(5-2-10)25-17(28)15-8-23-9-24-15/h3,6-10,12H,1-2,4-5H2,(H,23,24)(H,25,28)(H,26,27). The molecule has 1 aliphatic rings. The van der Waals surface area contributed by atoms with Crippen LogP contribution in [0.1, 0.15) is 41.7 Å². The van der Waals surface area contributed by atoms with Gasteiger partial charge in [-0.3, -0.25) is 9.59 Å². The summed E-state index contributed by atoms with van der Waals surface area (Å²) in [6, 6.07) is 2.74. The van der Waals surface area contributed by atoms with Gasteiger partial charge in [0.15, 0.2) is 0 Å². The Morgan fingerprint density at radius 1 is 1.18 bits per heavy atom. The van der Waals surface area contributed by atoms with Crippen molar-refractivity contribution in [1.82, 2.24) is 15.3 Å². The van der Waals surface area contributed by atoms with E-state index in [1.807, 2.05) is 0 Å². The summed E-state index contributed by atoms with van der Waals surface area (Å²) in [5.74, 6) is -0.994. The van der Waals surface area contributed by atoms with Crippen molar-refractivity contribution in [3.63, 3.8) is 0 Å². The monoisotopic (exact) mass is 414 g/mol. The largest absolute Gasteiger partial charge is 0.416 e. The minimum Gasteiger partial charge on any atom is -0.348 e. The Morgan fingerprint density at radius 3 is 2.50 bits per heavy atom. The molecule has 1 fully saturated rings. The van der Waals surface area contributed by atoms with Crippen LogP contribution in [-0.4, -0.2) is 27.8 Å². The average molecular weight is 415 g/mol. The van der Waals surface area contributed by atoms with Crippen molar-refractivity contribution >= 4 is 29.1 Å². The van der Waals surface area contributed by atoms with Gasteiger partial charge >= 0.3 is 6.18 Å². The first-order valence-corrected chi connectivity index (χ1v) is 9.08. The summed E-state index contributed by atoms with van der Waals surface area (Å²) in [6.45, 7) is 0. The smallest absolute Gasteiger partial charge is 0.348 e. The molecular weight excluding hydrogens is 397 g/mol. The van der Waals surface area contributed by atoms with Crippen LogP contribution in [0.25, 0.3) is 0 Å². The van der Waals surface area contributed by atoms with Crippen LogP contribution in [0.15, 0.2) is 30.7 Å². The van der Waals surface area contributed by atoms with Gasteiger partial charge in [0, 0.05) is 12.0 Å². The number of aromatic amines is 1. The minimum absolute atomic E-state index is 0.0434. The van der Waals surface area contributed by atoms with Gasteiger partial charge in [-0.1, -0.05) is 11.6 Å². The molecule has 0 aliphatic heterocycles. The van der Waals surface area contributed by atoms with Gasteiger partial charge in [0.25, 0.3) is 5.91 Å². The molecule has 1 aliphatic carbocycles. The first kappa shape index (κ1) is 20.2. The minimum atomic E-state index is -4.52. The first-order chi connectivity index (χ1) is 13.2. The molecule has 10 heteroatoms. The highest BCUT2D eigenvalue weighted by Gasteiger charge is 2.32. The Balaban J connectivity index is 1.55. The van der Waals surface area contributed by atoms with E-state index in [-0.39, 0.29) is 34.5 Å². The number of aromatic nitrogens is 2. The molecular formula is C18H18ClF3N4O2. The lowest BCUT2D eigenvalue weighted by Gasteiger charge is -2.28. The Morgan fingerprint density at radius 2 is 1.89 bits per heavy atom. The van der Waals surface area contributed by atoms with Crippen LogP contribution < -0.4 is 10.6 Å². The molecule has 1 heterocycles. The number of imidazole rings is 1. The molecule has 3 rings (SSSR count). The Kier molecular flexibility index (Phi) is 5.93. The molecule has 0 saturated heterocycles. The van der Waals surface area contributed by atoms with Crippen LogP contribution in [0.3, 0.4) is 0 Å². The molecule has 1 saturated carbocycles. The summed E-state index contributed by atoms with van der Waals surface area (Å²) < 4.78 is 38.5. The van der Waals surface area contributed by atoms with Gasteiger partial charge in [0.2, 0.25) is 5.91 Å². The lowest BCUT2D eigenvalue weighted by molar-refractivity contribution is -0.137. The van der Waals surface area contributed by atoms with Crippen LogP contribution in [-0.2, 0) is 11.0 Å². The maximum Gasteiger partial charge on any atom is 0.416 e. The number of halogens is 4. The normalized spacial score (nSPS) is 19.9. The molecule has 0 radical (unpaired) electrons. The van der Waals surface area contributed by atoms with E-state index in [0.717, 1.165) is 18.2 Å². The van der Waals surface area contributed by atoms with Crippen molar-refractivity contribution in [2.24, 2.45) is 5.92 Å². The van der Waals surface area contributed by atoms with Crippen LogP contribution in [0.4, 0.5) is 18.9 Å². The maximum absolute atomic E-state index is 12.8. The van der Waals surface area contributed by atoms with Crippen molar-refractivity contribution in [2.45, 2.75) is 37.9 Å². The number of rotatable bonds is 4. The SMILES string of the molecule is O=C(NC1CCC(C(=O)Nc2cc(C(F)(F)F)ccc2Cl)CC1)c1cnc[nH]1. The van der Waals surface area contributed by atoms with Crippen molar-refractivity contribution in [2.75, 3.05) is 5.32 Å². The van der Waals surface area contributed by atoms with E-state index in [1.54, 1.807) is 0 Å². The van der Waals surface area contributed by atoms with E-state index in [9.17, 15) is 22.8 Å². The molecule has 2 amide bonds. The Hall–Kier alpha value is -2.55. The second kappa shape index (κ2) is 8.22. The highest BCUT2D eigenvalue weighted by Crippen LogP contribution is 2.34. The predicted octanol–water partition coefficient (Wildman–Crippen LogP) is 4.01. The number of carbonyl (C=O) groups excluding carboxylic acids is 2. The third-order valence-corrected chi connectivity index (χ3v) is 5.06. The van der Waals surface area contributed by atoms with Crippen molar-refractivity contribution in [1.29, 1.82) is 0 Å². The van der Waals surface area contributed by atoms with E-state index >= 15 is 0 Å². The molecule has 0 spiro atoms. The summed E-state index contributed by atoms with van der Waals surface area (Å²) in [5, 5.41) is 5.42. The number of nitrogens with zero attached hydrogens (tertiary/aromatic N) is 1. The average Bonchev–Trinajstić information content (AvgIpc) is 3.18. The Labute approximate surface area is 163 Å². The van der Waals surface area contributed by atoms with E-state index in [4.69, 9.17) is 11.6 Å². The van der Waals surface area contributed by atoms with Gasteiger partial charge in [-0.25, -0.2) is 4.98 Å². The molecule has 1 aromatic carbocycles. The fraction of sp³-hybridized carbons (Fsp3) is 0.389. The molecule has 28 heavy (non-hydrogen) atoms. The Bertz CT molecular complexity index is 847. The summed E-state index contributed by atoms with van der Waals surface area (Å²) in [5.41, 5.74) is -0.576. The number of amides is 2. The highest BCUT2D eigenvalue weighted by molar-refractivity contribution is 6.33. The molecule has 150 valence electrons. The predicted molar refractivity (Wildman–Crippen MR) is 96.9 cm³/mol. The van der Waals surface area contributed by atoms with Crippen LogP contribution in [0, 0.1) is 5.92 Å². The summed E-state index contributed by atoms with van der Waals surface area (Å²) >= 11 is 5.92. The van der Waals surface area contributed by atoms with Crippen LogP contribution >= 0.6 is 11.6 Å². The lowest BCUT2D eigenvalue weighted by atomic mass is 9.85. The van der Waals surface area contributed by atoms with Gasteiger partial charge in [0.05, 0.1) is 28.8 Å². The van der Waals surface area contributed by atoms with Gasteiger partial charge in [-0.15, -0.1) is 0 Å². The van der Waals surface area contributed by atoms with Crippen LogP contribution in [0.5, 0.6) is 0 Å². The summed E-state index contributed by atoms with van der Waals surface area (Å²) in [6.07, 6.45) is 0.520. The number of H-pyrrole nitrogens is 1. The van der Waals surface area contributed by atoms with E-state index in [2.05, 4.69) is 20.6 Å². The molecule has 2 aromatic rings. The number of hydrogen-bond donors (Lipinski definition) is 3. The zero-order chi connectivity index (χ0) is 20.3. The molecule has 6 nitrogen and oxygen atoms in total. The lowest BCUT2D eigenvalue weighted by Crippen LogP contribution is -2.39. The number of anilines is 1. The number of carbonyl (C=O) groups is 2.